The molecule has 0 saturated heterocycles. The van der Waals surface area contributed by atoms with Gasteiger partial charge in [-0.05, 0) is 19.1 Å². The normalized spacial score (nSPS) is 11.9. The molecular weight excluding hydrogens is 467 g/mol. The number of esters is 1. The molecule has 5 aromatic rings. The molecular formula is C29H25N4O2P. The molecule has 7 heteroatoms. The molecule has 5 rings (SSSR count). The van der Waals surface area contributed by atoms with E-state index >= 15 is 0 Å². The molecule has 2 heterocycles. The van der Waals surface area contributed by atoms with Gasteiger partial charge in [0, 0.05) is 34.5 Å². The van der Waals surface area contributed by atoms with Crippen molar-refractivity contribution in [2.24, 2.45) is 4.74 Å². The van der Waals surface area contributed by atoms with Crippen LogP contribution in [0.1, 0.15) is 12.6 Å². The van der Waals surface area contributed by atoms with Gasteiger partial charge in [-0.15, -0.1) is 0 Å². The van der Waals surface area contributed by atoms with E-state index in [0.29, 0.717) is 11.5 Å². The average Bonchev–Trinajstić information content (AvgIpc) is 3.35. The van der Waals surface area contributed by atoms with Crippen LogP contribution in [-0.2, 0) is 9.53 Å². The number of aromatic nitrogens is 3. The molecule has 0 aliphatic rings. The molecule has 3 aromatic carbocycles. The van der Waals surface area contributed by atoms with Gasteiger partial charge in [-0.3, -0.25) is 4.40 Å². The van der Waals surface area contributed by atoms with E-state index in [0.717, 1.165) is 15.9 Å². The summed E-state index contributed by atoms with van der Waals surface area (Å²) in [6.07, 6.45) is 7.06. The lowest BCUT2D eigenvalue weighted by Gasteiger charge is -2.27. The molecule has 0 radical (unpaired) electrons. The van der Waals surface area contributed by atoms with E-state index in [9.17, 15) is 4.79 Å². The van der Waals surface area contributed by atoms with E-state index in [1.807, 2.05) is 77.5 Å². The molecule has 0 unspecified atom stereocenters. The largest absolute Gasteiger partial charge is 0.461 e. The summed E-state index contributed by atoms with van der Waals surface area (Å²) in [4.78, 5) is 22.2. The molecule has 0 amide bonds. The van der Waals surface area contributed by atoms with Crippen LogP contribution in [0.25, 0.3) is 11.9 Å². The molecule has 178 valence electrons. The zero-order valence-corrected chi connectivity index (χ0v) is 20.7. The Bertz CT molecular complexity index is 1430. The number of benzene rings is 3. The summed E-state index contributed by atoms with van der Waals surface area (Å²) in [5.74, 6) is 0.0527. The first-order valence-electron chi connectivity index (χ1n) is 11.7. The van der Waals surface area contributed by atoms with Gasteiger partial charge < -0.3 is 4.74 Å². The van der Waals surface area contributed by atoms with Crippen LogP contribution in [0.15, 0.2) is 126 Å². The van der Waals surface area contributed by atoms with Gasteiger partial charge in [-0.1, -0.05) is 91.0 Å². The van der Waals surface area contributed by atoms with Crippen LogP contribution in [0.5, 0.6) is 0 Å². The number of carbonyl (C=O) groups is 1. The van der Waals surface area contributed by atoms with E-state index in [4.69, 9.17) is 9.48 Å². The summed E-state index contributed by atoms with van der Waals surface area (Å²) in [6.45, 7) is 2.03. The summed E-state index contributed by atoms with van der Waals surface area (Å²) >= 11 is 0. The van der Waals surface area contributed by atoms with E-state index in [2.05, 4.69) is 46.4 Å². The monoisotopic (exact) mass is 492 g/mol. The second-order valence-corrected chi connectivity index (χ2v) is 11.0. The molecule has 0 N–H and O–H groups in total. The second kappa shape index (κ2) is 10.5. The summed E-state index contributed by atoms with van der Waals surface area (Å²) in [5.41, 5.74) is 0.790. The first-order valence-corrected chi connectivity index (χ1v) is 13.4. The molecule has 0 spiro atoms. The highest BCUT2D eigenvalue weighted by Gasteiger charge is 2.29. The van der Waals surface area contributed by atoms with Crippen molar-refractivity contribution in [3.8, 4) is 0 Å². The fourth-order valence-electron chi connectivity index (χ4n) is 4.10. The van der Waals surface area contributed by atoms with Crippen LogP contribution < -0.4 is 15.9 Å². The lowest BCUT2D eigenvalue weighted by Crippen LogP contribution is -2.26. The standard InChI is InChI=1S/C29H25N4O2P/c1-2-35-28(34)27(21-23-22-33-20-12-19-30-29(33)31-23)32-36(24-13-6-3-7-14-24,25-15-8-4-9-16-25)26-17-10-5-11-18-26/h3-22H,2H2,1H3/b27-21-. The summed E-state index contributed by atoms with van der Waals surface area (Å²) in [7, 11) is -2.65. The van der Waals surface area contributed by atoms with Crippen LogP contribution in [0.3, 0.4) is 0 Å². The third-order valence-corrected chi connectivity index (χ3v) is 9.32. The van der Waals surface area contributed by atoms with Gasteiger partial charge in [0.2, 0.25) is 5.78 Å². The lowest BCUT2D eigenvalue weighted by atomic mass is 10.3. The molecule has 2 aromatic heterocycles. The van der Waals surface area contributed by atoms with Gasteiger partial charge in [-0.2, -0.15) is 0 Å². The molecule has 6 nitrogen and oxygen atoms in total. The highest BCUT2D eigenvalue weighted by atomic mass is 31.2. The van der Waals surface area contributed by atoms with E-state index in [-0.39, 0.29) is 12.3 Å². The van der Waals surface area contributed by atoms with E-state index in [1.165, 1.54) is 0 Å². The smallest absolute Gasteiger partial charge is 0.356 e. The average molecular weight is 493 g/mol. The van der Waals surface area contributed by atoms with Crippen molar-refractivity contribution in [1.82, 2.24) is 14.4 Å². The van der Waals surface area contributed by atoms with Crippen LogP contribution in [0.4, 0.5) is 0 Å². The van der Waals surface area contributed by atoms with Crippen LogP contribution >= 0.6 is 7.05 Å². The van der Waals surface area contributed by atoms with E-state index < -0.39 is 13.0 Å². The van der Waals surface area contributed by atoms with Gasteiger partial charge in [-0.25, -0.2) is 19.5 Å². The quantitative estimate of drug-likeness (QED) is 0.186. The first-order chi connectivity index (χ1) is 17.7. The third kappa shape index (κ3) is 4.64. The van der Waals surface area contributed by atoms with Crippen molar-refractivity contribution in [2.75, 3.05) is 6.61 Å². The Balaban J connectivity index is 1.85. The highest BCUT2D eigenvalue weighted by molar-refractivity contribution is 7.87. The van der Waals surface area contributed by atoms with Gasteiger partial charge >= 0.3 is 5.97 Å². The van der Waals surface area contributed by atoms with Crippen molar-refractivity contribution in [3.63, 3.8) is 0 Å². The molecule has 0 fully saturated rings. The Morgan fingerprint density at radius 3 is 1.94 bits per heavy atom. The minimum atomic E-state index is -2.65. The van der Waals surface area contributed by atoms with E-state index in [1.54, 1.807) is 19.2 Å². The Kier molecular flexibility index (Phi) is 6.87. The predicted molar refractivity (Wildman–Crippen MR) is 145 cm³/mol. The predicted octanol–water partition coefficient (Wildman–Crippen LogP) is 4.81. The number of rotatable bonds is 7. The number of ether oxygens (including phenoxy) is 1. The lowest BCUT2D eigenvalue weighted by molar-refractivity contribution is -0.138. The number of carbonyl (C=O) groups excluding carboxylic acids is 1. The van der Waals surface area contributed by atoms with Crippen LogP contribution in [0.2, 0.25) is 0 Å². The maximum atomic E-state index is 13.3. The third-order valence-electron chi connectivity index (χ3n) is 5.67. The number of nitrogens with zero attached hydrogens (tertiary/aromatic N) is 4. The fourth-order valence-corrected chi connectivity index (χ4v) is 7.62. The maximum absolute atomic E-state index is 13.3. The number of fused-ring (bicyclic) bond motifs is 1. The summed E-state index contributed by atoms with van der Waals surface area (Å²) in [5, 5.41) is 3.11. The zero-order chi connectivity index (χ0) is 24.8. The van der Waals surface area contributed by atoms with Crippen LogP contribution in [0, 0.1) is 0 Å². The van der Waals surface area contributed by atoms with Crippen molar-refractivity contribution < 1.29 is 9.53 Å². The SMILES string of the molecule is CCOC(=O)/C(=C/c1cn2cccnc2n1)N=P(c1ccccc1)(c1ccccc1)c1ccccc1. The topological polar surface area (TPSA) is 68.8 Å². The Labute approximate surface area is 210 Å². The Morgan fingerprint density at radius 2 is 1.44 bits per heavy atom. The molecule has 36 heavy (non-hydrogen) atoms. The minimum Gasteiger partial charge on any atom is -0.461 e. The van der Waals surface area contributed by atoms with Gasteiger partial charge in [0.1, 0.15) is 5.70 Å². The number of hydrogen-bond donors (Lipinski definition) is 0. The first kappa shape index (κ1) is 23.5. The van der Waals surface area contributed by atoms with Gasteiger partial charge in [0.15, 0.2) is 0 Å². The fraction of sp³-hybridized carbons (Fsp3) is 0.0690. The van der Waals surface area contributed by atoms with Crippen molar-refractivity contribution in [3.05, 3.63) is 127 Å². The van der Waals surface area contributed by atoms with Gasteiger partial charge in [0.05, 0.1) is 19.4 Å². The Morgan fingerprint density at radius 1 is 0.889 bits per heavy atom. The summed E-state index contributed by atoms with van der Waals surface area (Å²) in [6, 6.07) is 32.3. The minimum absolute atomic E-state index is 0.213. The van der Waals surface area contributed by atoms with Gasteiger partial charge in [0.25, 0.3) is 0 Å². The molecule has 0 saturated carbocycles. The highest BCUT2D eigenvalue weighted by Crippen LogP contribution is 2.48. The molecule has 0 aliphatic heterocycles. The van der Waals surface area contributed by atoms with Crippen molar-refractivity contribution in [1.29, 1.82) is 0 Å². The maximum Gasteiger partial charge on any atom is 0.356 e. The number of imidazole rings is 1. The summed E-state index contributed by atoms with van der Waals surface area (Å²) < 4.78 is 12.6. The zero-order valence-electron chi connectivity index (χ0n) is 19.8. The van der Waals surface area contributed by atoms with Crippen LogP contribution in [-0.4, -0.2) is 26.9 Å². The molecule has 0 aliphatic carbocycles. The molecule has 0 bridgehead atoms. The second-order valence-electron chi connectivity index (χ2n) is 7.98. The Hall–Kier alpha value is -4.28. The van der Waals surface area contributed by atoms with Crippen molar-refractivity contribution >= 4 is 40.8 Å². The number of hydrogen-bond acceptors (Lipinski definition) is 5. The van der Waals surface area contributed by atoms with Crippen molar-refractivity contribution in [2.45, 2.75) is 6.92 Å². The molecule has 0 atom stereocenters.